The Kier molecular flexibility index (Phi) is 3.82. The summed E-state index contributed by atoms with van der Waals surface area (Å²) in [7, 11) is 0. The summed E-state index contributed by atoms with van der Waals surface area (Å²) in [6.45, 7) is 4.49. The fourth-order valence-electron chi connectivity index (χ4n) is 3.16. The van der Waals surface area contributed by atoms with Gasteiger partial charge in [-0.1, -0.05) is 29.8 Å². The molecule has 0 bridgehead atoms. The average Bonchev–Trinajstić information content (AvgIpc) is 3.26. The number of aromatic nitrogens is 3. The van der Waals surface area contributed by atoms with Gasteiger partial charge in [0.1, 0.15) is 6.33 Å². The highest BCUT2D eigenvalue weighted by atomic mass is 16.7. The molecular formula is C17H20N4O3. The van der Waals surface area contributed by atoms with Gasteiger partial charge in [0.15, 0.2) is 11.6 Å². The van der Waals surface area contributed by atoms with Gasteiger partial charge in [0, 0.05) is 31.5 Å². The smallest absolute Gasteiger partial charge is 0.346 e. The SMILES string of the molecule is Cc1ccc(-c2ncn(C(=O)N3CCC4(CC3)OCCO4)n2)cc1. The molecule has 4 rings (SSSR count). The number of hydrogen-bond acceptors (Lipinski definition) is 5. The van der Waals surface area contributed by atoms with Gasteiger partial charge in [0.05, 0.1) is 13.2 Å². The number of carbonyl (C=O) groups is 1. The molecule has 0 saturated carbocycles. The Labute approximate surface area is 140 Å². The molecule has 7 nitrogen and oxygen atoms in total. The Morgan fingerprint density at radius 1 is 1.12 bits per heavy atom. The van der Waals surface area contributed by atoms with E-state index in [1.165, 1.54) is 16.6 Å². The van der Waals surface area contributed by atoms with Gasteiger partial charge in [0.2, 0.25) is 0 Å². The lowest BCUT2D eigenvalue weighted by atomic mass is 10.0. The minimum atomic E-state index is -0.480. The average molecular weight is 328 g/mol. The quantitative estimate of drug-likeness (QED) is 0.801. The van der Waals surface area contributed by atoms with Crippen molar-refractivity contribution in [3.8, 4) is 11.4 Å². The van der Waals surface area contributed by atoms with Crippen molar-refractivity contribution in [3.63, 3.8) is 0 Å². The van der Waals surface area contributed by atoms with Gasteiger partial charge >= 0.3 is 6.03 Å². The van der Waals surface area contributed by atoms with Crippen LogP contribution in [-0.2, 0) is 9.47 Å². The second-order valence-electron chi connectivity index (χ2n) is 6.26. The van der Waals surface area contributed by atoms with Crippen LogP contribution in [0.2, 0.25) is 0 Å². The summed E-state index contributed by atoms with van der Waals surface area (Å²) < 4.78 is 12.7. The molecule has 7 heteroatoms. The van der Waals surface area contributed by atoms with E-state index in [1.807, 2.05) is 31.2 Å². The van der Waals surface area contributed by atoms with Crippen LogP contribution in [0, 0.1) is 6.92 Å². The number of carbonyl (C=O) groups excluding carboxylic acids is 1. The van der Waals surface area contributed by atoms with Crippen LogP contribution in [0.15, 0.2) is 30.6 Å². The van der Waals surface area contributed by atoms with Crippen LogP contribution in [0.3, 0.4) is 0 Å². The lowest BCUT2D eigenvalue weighted by molar-refractivity contribution is -0.181. The van der Waals surface area contributed by atoms with Crippen LogP contribution in [0.1, 0.15) is 18.4 Å². The number of rotatable bonds is 1. The summed E-state index contributed by atoms with van der Waals surface area (Å²) in [5.74, 6) is 0.0749. The number of amides is 1. The van der Waals surface area contributed by atoms with Crippen molar-refractivity contribution in [2.24, 2.45) is 0 Å². The van der Waals surface area contributed by atoms with E-state index in [0.717, 1.165) is 5.56 Å². The Morgan fingerprint density at radius 3 is 2.46 bits per heavy atom. The standard InChI is InChI=1S/C17H20N4O3/c1-13-2-4-14(5-3-13)15-18-12-21(19-15)16(22)20-8-6-17(7-9-20)23-10-11-24-17/h2-5,12H,6-11H2,1H3. The monoisotopic (exact) mass is 328 g/mol. The largest absolute Gasteiger partial charge is 0.347 e. The highest BCUT2D eigenvalue weighted by molar-refractivity contribution is 5.76. The second-order valence-corrected chi connectivity index (χ2v) is 6.26. The zero-order chi connectivity index (χ0) is 16.6. The number of benzene rings is 1. The molecule has 0 aliphatic carbocycles. The minimum absolute atomic E-state index is 0.159. The van der Waals surface area contributed by atoms with Crippen LogP contribution in [-0.4, -0.2) is 57.8 Å². The van der Waals surface area contributed by atoms with Gasteiger partial charge in [-0.2, -0.15) is 4.68 Å². The third-order valence-electron chi connectivity index (χ3n) is 4.61. The summed E-state index contributed by atoms with van der Waals surface area (Å²) in [4.78, 5) is 18.6. The minimum Gasteiger partial charge on any atom is -0.347 e. The number of aryl methyl sites for hydroxylation is 1. The number of nitrogens with zero attached hydrogens (tertiary/aromatic N) is 4. The summed E-state index contributed by atoms with van der Waals surface area (Å²) in [6, 6.07) is 7.76. The van der Waals surface area contributed by atoms with Crippen molar-refractivity contribution in [1.29, 1.82) is 0 Å². The molecule has 0 unspecified atom stereocenters. The molecule has 2 aliphatic heterocycles. The van der Waals surface area contributed by atoms with Crippen LogP contribution >= 0.6 is 0 Å². The molecule has 1 spiro atoms. The van der Waals surface area contributed by atoms with Gasteiger partial charge in [0.25, 0.3) is 0 Å². The van der Waals surface area contributed by atoms with Crippen molar-refractivity contribution >= 4 is 6.03 Å². The van der Waals surface area contributed by atoms with Crippen LogP contribution < -0.4 is 0 Å². The van der Waals surface area contributed by atoms with E-state index in [1.54, 1.807) is 4.90 Å². The lowest BCUT2D eigenvalue weighted by Crippen LogP contribution is -2.48. The molecule has 2 aliphatic rings. The molecular weight excluding hydrogens is 308 g/mol. The van der Waals surface area contributed by atoms with E-state index in [0.29, 0.717) is 45.0 Å². The molecule has 0 radical (unpaired) electrons. The number of hydrogen-bond donors (Lipinski definition) is 0. The lowest BCUT2D eigenvalue weighted by Gasteiger charge is -2.37. The van der Waals surface area contributed by atoms with E-state index in [-0.39, 0.29) is 6.03 Å². The van der Waals surface area contributed by atoms with Gasteiger partial charge in [-0.05, 0) is 6.92 Å². The summed E-state index contributed by atoms with van der Waals surface area (Å²) in [5.41, 5.74) is 2.07. The first-order valence-corrected chi connectivity index (χ1v) is 8.21. The topological polar surface area (TPSA) is 69.5 Å². The Morgan fingerprint density at radius 2 is 1.79 bits per heavy atom. The molecule has 0 atom stereocenters. The molecule has 2 aromatic rings. The maximum atomic E-state index is 12.6. The Balaban J connectivity index is 1.45. The van der Waals surface area contributed by atoms with Gasteiger partial charge in [-0.15, -0.1) is 5.10 Å². The first kappa shape index (κ1) is 15.3. The molecule has 2 fully saturated rings. The first-order chi connectivity index (χ1) is 11.7. The van der Waals surface area contributed by atoms with E-state index in [2.05, 4.69) is 10.1 Å². The van der Waals surface area contributed by atoms with Gasteiger partial charge < -0.3 is 14.4 Å². The molecule has 1 aromatic carbocycles. The van der Waals surface area contributed by atoms with Crippen molar-refractivity contribution in [2.45, 2.75) is 25.6 Å². The molecule has 3 heterocycles. The van der Waals surface area contributed by atoms with E-state index < -0.39 is 5.79 Å². The third kappa shape index (κ3) is 2.81. The molecule has 24 heavy (non-hydrogen) atoms. The molecule has 1 aromatic heterocycles. The van der Waals surface area contributed by atoms with E-state index in [4.69, 9.17) is 9.47 Å². The number of likely N-dealkylation sites (tertiary alicyclic amines) is 1. The van der Waals surface area contributed by atoms with Gasteiger partial charge in [-0.25, -0.2) is 9.78 Å². The van der Waals surface area contributed by atoms with Gasteiger partial charge in [-0.3, -0.25) is 0 Å². The number of piperidine rings is 1. The van der Waals surface area contributed by atoms with Crippen molar-refractivity contribution < 1.29 is 14.3 Å². The van der Waals surface area contributed by atoms with Crippen LogP contribution in [0.5, 0.6) is 0 Å². The first-order valence-electron chi connectivity index (χ1n) is 8.21. The third-order valence-corrected chi connectivity index (χ3v) is 4.61. The molecule has 126 valence electrons. The molecule has 0 N–H and O–H groups in total. The highest BCUT2D eigenvalue weighted by Gasteiger charge is 2.41. The summed E-state index contributed by atoms with van der Waals surface area (Å²) >= 11 is 0. The van der Waals surface area contributed by atoms with Crippen LogP contribution in [0.4, 0.5) is 4.79 Å². The normalized spacial score (nSPS) is 19.8. The molecule has 1 amide bonds. The summed E-state index contributed by atoms with van der Waals surface area (Å²) in [5, 5.41) is 4.33. The van der Waals surface area contributed by atoms with E-state index >= 15 is 0 Å². The predicted molar refractivity (Wildman–Crippen MR) is 86.4 cm³/mol. The maximum Gasteiger partial charge on any atom is 0.346 e. The highest BCUT2D eigenvalue weighted by Crippen LogP contribution is 2.31. The predicted octanol–water partition coefficient (Wildman–Crippen LogP) is 2.06. The Hall–Kier alpha value is -2.25. The molecule has 2 saturated heterocycles. The van der Waals surface area contributed by atoms with Crippen molar-refractivity contribution in [2.75, 3.05) is 26.3 Å². The zero-order valence-electron chi connectivity index (χ0n) is 13.6. The summed E-state index contributed by atoms with van der Waals surface area (Å²) in [6.07, 6.45) is 2.86. The van der Waals surface area contributed by atoms with Crippen molar-refractivity contribution in [1.82, 2.24) is 19.7 Å². The number of ether oxygens (including phenoxy) is 2. The zero-order valence-corrected chi connectivity index (χ0v) is 13.6. The van der Waals surface area contributed by atoms with E-state index in [9.17, 15) is 4.79 Å². The Bertz CT molecular complexity index is 725. The van der Waals surface area contributed by atoms with Crippen molar-refractivity contribution in [3.05, 3.63) is 36.2 Å². The fraction of sp³-hybridized carbons (Fsp3) is 0.471. The fourth-order valence-corrected chi connectivity index (χ4v) is 3.16. The maximum absolute atomic E-state index is 12.6. The second kappa shape index (κ2) is 5.99. The van der Waals surface area contributed by atoms with Crippen LogP contribution in [0.25, 0.3) is 11.4 Å².